The molecule has 0 spiro atoms. The van der Waals surface area contributed by atoms with Crippen LogP contribution >= 0.6 is 0 Å². The quantitative estimate of drug-likeness (QED) is 0.695. The minimum absolute atomic E-state index is 0.578. The van der Waals surface area contributed by atoms with Crippen LogP contribution in [0.1, 0.15) is 71.1 Å². The molecule has 2 atom stereocenters. The largest absolute Gasteiger partial charge is 0.378 e. The molecule has 0 aromatic heterocycles. The maximum Gasteiger partial charge on any atom is 0.0575 e. The van der Waals surface area contributed by atoms with Crippen LogP contribution in [0, 0.1) is 5.92 Å². The third kappa shape index (κ3) is 4.89. The summed E-state index contributed by atoms with van der Waals surface area (Å²) in [5.74, 6) is 0.987. The second-order valence-electron chi connectivity index (χ2n) is 6.22. The van der Waals surface area contributed by atoms with Crippen LogP contribution in [0.15, 0.2) is 0 Å². The fraction of sp³-hybridized carbons (Fsp3) is 1.00. The van der Waals surface area contributed by atoms with Crippen molar-refractivity contribution in [1.82, 2.24) is 5.32 Å². The number of ether oxygens (including phenoxy) is 1. The van der Waals surface area contributed by atoms with Gasteiger partial charge in [0.05, 0.1) is 6.10 Å². The number of nitrogens with one attached hydrogen (secondary N) is 1. The molecule has 0 radical (unpaired) electrons. The SMILES string of the molecule is CCC1CCC(NCCCOC2CCCCC2)C1. The van der Waals surface area contributed by atoms with Crippen molar-refractivity contribution < 1.29 is 4.74 Å². The van der Waals surface area contributed by atoms with Gasteiger partial charge in [-0.1, -0.05) is 32.6 Å². The van der Waals surface area contributed by atoms with Crippen LogP contribution in [0.5, 0.6) is 0 Å². The van der Waals surface area contributed by atoms with Crippen LogP contribution in [0.2, 0.25) is 0 Å². The summed E-state index contributed by atoms with van der Waals surface area (Å²) in [6, 6.07) is 0.796. The fourth-order valence-corrected chi connectivity index (χ4v) is 3.49. The van der Waals surface area contributed by atoms with Crippen LogP contribution in [-0.2, 0) is 4.74 Å². The van der Waals surface area contributed by atoms with Crippen LogP contribution in [0.4, 0.5) is 0 Å². The highest BCUT2D eigenvalue weighted by molar-refractivity contribution is 4.79. The van der Waals surface area contributed by atoms with E-state index in [1.165, 1.54) is 64.2 Å². The number of hydrogen-bond acceptors (Lipinski definition) is 2. The van der Waals surface area contributed by atoms with Crippen molar-refractivity contribution in [3.05, 3.63) is 0 Å². The molecule has 0 heterocycles. The van der Waals surface area contributed by atoms with Crippen LogP contribution < -0.4 is 5.32 Å². The van der Waals surface area contributed by atoms with E-state index in [2.05, 4.69) is 12.2 Å². The van der Waals surface area contributed by atoms with Gasteiger partial charge in [0.15, 0.2) is 0 Å². The molecule has 2 fully saturated rings. The summed E-state index contributed by atoms with van der Waals surface area (Å²) in [7, 11) is 0. The van der Waals surface area contributed by atoms with Gasteiger partial charge in [0.25, 0.3) is 0 Å². The van der Waals surface area contributed by atoms with Gasteiger partial charge < -0.3 is 10.1 Å². The summed E-state index contributed by atoms with van der Waals surface area (Å²) in [5, 5.41) is 3.70. The third-order valence-corrected chi connectivity index (χ3v) is 4.78. The normalized spacial score (nSPS) is 29.8. The van der Waals surface area contributed by atoms with E-state index in [0.717, 1.165) is 25.1 Å². The first-order valence-corrected chi connectivity index (χ1v) is 8.23. The minimum Gasteiger partial charge on any atom is -0.378 e. The fourth-order valence-electron chi connectivity index (χ4n) is 3.49. The van der Waals surface area contributed by atoms with E-state index in [0.29, 0.717) is 6.10 Å². The number of hydrogen-bond donors (Lipinski definition) is 1. The lowest BCUT2D eigenvalue weighted by Gasteiger charge is -2.22. The van der Waals surface area contributed by atoms with Crippen molar-refractivity contribution >= 4 is 0 Å². The first kappa shape index (κ1) is 14.3. The third-order valence-electron chi connectivity index (χ3n) is 4.78. The zero-order valence-corrected chi connectivity index (χ0v) is 12.1. The zero-order chi connectivity index (χ0) is 12.6. The summed E-state index contributed by atoms with van der Waals surface area (Å²) < 4.78 is 5.95. The predicted molar refractivity (Wildman–Crippen MR) is 76.9 cm³/mol. The molecule has 2 heteroatoms. The highest BCUT2D eigenvalue weighted by Gasteiger charge is 2.22. The van der Waals surface area contributed by atoms with Gasteiger partial charge in [0.2, 0.25) is 0 Å². The first-order valence-electron chi connectivity index (χ1n) is 8.23. The molecule has 2 unspecified atom stereocenters. The molecule has 2 aliphatic carbocycles. The van der Waals surface area contributed by atoms with Gasteiger partial charge in [0.1, 0.15) is 0 Å². The number of rotatable bonds is 7. The Morgan fingerprint density at radius 1 is 1.06 bits per heavy atom. The molecule has 2 nitrogen and oxygen atoms in total. The molecule has 0 bridgehead atoms. The van der Waals surface area contributed by atoms with Crippen molar-refractivity contribution in [3.8, 4) is 0 Å². The lowest BCUT2D eigenvalue weighted by molar-refractivity contribution is 0.0271. The molecule has 1 N–H and O–H groups in total. The van der Waals surface area contributed by atoms with E-state index in [-0.39, 0.29) is 0 Å². The predicted octanol–water partition coefficient (Wildman–Crippen LogP) is 3.89. The summed E-state index contributed by atoms with van der Waals surface area (Å²) in [5.41, 5.74) is 0. The Morgan fingerprint density at radius 3 is 2.61 bits per heavy atom. The van der Waals surface area contributed by atoms with Gasteiger partial charge in [-0.15, -0.1) is 0 Å². The van der Waals surface area contributed by atoms with Crippen molar-refractivity contribution in [2.75, 3.05) is 13.2 Å². The molecule has 0 aliphatic heterocycles. The Labute approximate surface area is 113 Å². The van der Waals surface area contributed by atoms with Gasteiger partial charge in [-0.2, -0.15) is 0 Å². The van der Waals surface area contributed by atoms with Gasteiger partial charge in [0, 0.05) is 12.6 Å². The Balaban J connectivity index is 1.44. The molecule has 2 rings (SSSR count). The van der Waals surface area contributed by atoms with E-state index in [1.54, 1.807) is 0 Å². The van der Waals surface area contributed by atoms with Gasteiger partial charge in [-0.25, -0.2) is 0 Å². The molecule has 18 heavy (non-hydrogen) atoms. The first-order chi connectivity index (χ1) is 8.88. The summed E-state index contributed by atoms with van der Waals surface area (Å²) in [6.45, 7) is 4.43. The molecule has 2 aliphatic rings. The van der Waals surface area contributed by atoms with E-state index < -0.39 is 0 Å². The lowest BCUT2D eigenvalue weighted by atomic mass is 9.98. The minimum atomic E-state index is 0.578. The smallest absolute Gasteiger partial charge is 0.0575 e. The topological polar surface area (TPSA) is 21.3 Å². The molecule has 106 valence electrons. The monoisotopic (exact) mass is 253 g/mol. The molecule has 2 saturated carbocycles. The maximum atomic E-state index is 5.95. The van der Waals surface area contributed by atoms with E-state index in [4.69, 9.17) is 4.74 Å². The van der Waals surface area contributed by atoms with Gasteiger partial charge in [-0.05, 0) is 51.0 Å². The lowest BCUT2D eigenvalue weighted by Crippen LogP contribution is -2.28. The second kappa shape index (κ2) is 8.16. The average Bonchev–Trinajstić information content (AvgIpc) is 2.87. The van der Waals surface area contributed by atoms with E-state index in [1.807, 2.05) is 0 Å². The highest BCUT2D eigenvalue weighted by atomic mass is 16.5. The molecule has 0 aromatic carbocycles. The van der Waals surface area contributed by atoms with E-state index in [9.17, 15) is 0 Å². The summed E-state index contributed by atoms with van der Waals surface area (Å²) >= 11 is 0. The van der Waals surface area contributed by atoms with Gasteiger partial charge in [-0.3, -0.25) is 0 Å². The van der Waals surface area contributed by atoms with Crippen LogP contribution in [0.25, 0.3) is 0 Å². The standard InChI is InChI=1S/C16H31NO/c1-2-14-9-10-15(13-14)17-11-6-12-18-16-7-4-3-5-8-16/h14-17H,2-13H2,1H3. The maximum absolute atomic E-state index is 5.95. The van der Waals surface area contributed by atoms with E-state index >= 15 is 0 Å². The Kier molecular flexibility index (Phi) is 6.50. The Morgan fingerprint density at radius 2 is 1.89 bits per heavy atom. The van der Waals surface area contributed by atoms with Crippen LogP contribution in [-0.4, -0.2) is 25.3 Å². The van der Waals surface area contributed by atoms with Crippen molar-refractivity contribution in [3.63, 3.8) is 0 Å². The summed E-state index contributed by atoms with van der Waals surface area (Å²) in [4.78, 5) is 0. The summed E-state index contributed by atoms with van der Waals surface area (Å²) in [6.07, 6.45) is 14.1. The second-order valence-corrected chi connectivity index (χ2v) is 6.22. The van der Waals surface area contributed by atoms with Crippen molar-refractivity contribution in [2.24, 2.45) is 5.92 Å². The molecule has 0 amide bonds. The molecule has 0 aromatic rings. The molecule has 0 saturated heterocycles. The molecular formula is C16H31NO. The Bertz CT molecular complexity index is 213. The van der Waals surface area contributed by atoms with Gasteiger partial charge >= 0.3 is 0 Å². The average molecular weight is 253 g/mol. The Hall–Kier alpha value is -0.0800. The molecular weight excluding hydrogens is 222 g/mol. The van der Waals surface area contributed by atoms with Crippen molar-refractivity contribution in [1.29, 1.82) is 0 Å². The zero-order valence-electron chi connectivity index (χ0n) is 12.1. The van der Waals surface area contributed by atoms with Crippen LogP contribution in [0.3, 0.4) is 0 Å². The van der Waals surface area contributed by atoms with Crippen molar-refractivity contribution in [2.45, 2.75) is 83.3 Å². The highest BCUT2D eigenvalue weighted by Crippen LogP contribution is 2.27.